The average molecular weight is 348 g/mol. The SMILES string of the molecule is O=C(Nc1cccc(F)c1)c1cccc(N2CCCCS2(=O)=O)c1. The summed E-state index contributed by atoms with van der Waals surface area (Å²) in [5, 5.41) is 2.60. The lowest BCUT2D eigenvalue weighted by molar-refractivity contribution is 0.102. The Kier molecular flexibility index (Phi) is 4.53. The summed E-state index contributed by atoms with van der Waals surface area (Å²) in [6.45, 7) is 0.414. The zero-order chi connectivity index (χ0) is 17.2. The van der Waals surface area contributed by atoms with Crippen molar-refractivity contribution >= 4 is 27.3 Å². The van der Waals surface area contributed by atoms with E-state index in [1.165, 1.54) is 28.6 Å². The zero-order valence-electron chi connectivity index (χ0n) is 12.9. The van der Waals surface area contributed by atoms with Crippen LogP contribution < -0.4 is 9.62 Å². The molecule has 1 amide bonds. The molecule has 1 aliphatic rings. The first-order valence-electron chi connectivity index (χ1n) is 7.63. The summed E-state index contributed by atoms with van der Waals surface area (Å²) in [5.41, 5.74) is 1.13. The Hall–Kier alpha value is -2.41. The highest BCUT2D eigenvalue weighted by Crippen LogP contribution is 2.24. The molecule has 0 unspecified atom stereocenters. The fourth-order valence-corrected chi connectivity index (χ4v) is 4.28. The molecule has 0 atom stereocenters. The number of anilines is 2. The number of nitrogens with one attached hydrogen (secondary N) is 1. The quantitative estimate of drug-likeness (QED) is 0.927. The minimum absolute atomic E-state index is 0.118. The van der Waals surface area contributed by atoms with Gasteiger partial charge in [0.2, 0.25) is 10.0 Å². The van der Waals surface area contributed by atoms with Crippen molar-refractivity contribution in [2.45, 2.75) is 12.8 Å². The van der Waals surface area contributed by atoms with Gasteiger partial charge in [-0.05, 0) is 49.2 Å². The van der Waals surface area contributed by atoms with Crippen LogP contribution in [0.15, 0.2) is 48.5 Å². The van der Waals surface area contributed by atoms with Crippen LogP contribution in [0.4, 0.5) is 15.8 Å². The Labute approximate surface area is 140 Å². The first-order chi connectivity index (χ1) is 11.5. The van der Waals surface area contributed by atoms with Gasteiger partial charge in [0.1, 0.15) is 5.82 Å². The van der Waals surface area contributed by atoms with E-state index >= 15 is 0 Å². The van der Waals surface area contributed by atoms with E-state index in [1.807, 2.05) is 0 Å². The molecule has 0 aliphatic carbocycles. The molecule has 0 aromatic heterocycles. The zero-order valence-corrected chi connectivity index (χ0v) is 13.7. The van der Waals surface area contributed by atoms with Crippen LogP contribution >= 0.6 is 0 Å². The second-order valence-electron chi connectivity index (χ2n) is 5.61. The van der Waals surface area contributed by atoms with Gasteiger partial charge < -0.3 is 5.32 Å². The van der Waals surface area contributed by atoms with E-state index < -0.39 is 21.7 Å². The molecule has 1 fully saturated rings. The largest absolute Gasteiger partial charge is 0.322 e. The standard InChI is InChI=1S/C17H17FN2O3S/c18-14-6-4-7-15(12-14)19-17(21)13-5-3-8-16(11-13)20-9-1-2-10-24(20,22)23/h3-8,11-12H,1-2,9-10H2,(H,19,21). The molecule has 1 heterocycles. The number of benzene rings is 2. The smallest absolute Gasteiger partial charge is 0.255 e. The van der Waals surface area contributed by atoms with E-state index in [-0.39, 0.29) is 5.75 Å². The summed E-state index contributed by atoms with van der Waals surface area (Å²) in [4.78, 5) is 12.3. The summed E-state index contributed by atoms with van der Waals surface area (Å²) in [6, 6.07) is 12.0. The normalized spacial score (nSPS) is 16.6. The van der Waals surface area contributed by atoms with Gasteiger partial charge in [-0.2, -0.15) is 0 Å². The van der Waals surface area contributed by atoms with E-state index in [1.54, 1.807) is 24.3 Å². The lowest BCUT2D eigenvalue weighted by atomic mass is 10.1. The fourth-order valence-electron chi connectivity index (χ4n) is 2.65. The van der Waals surface area contributed by atoms with E-state index in [2.05, 4.69) is 5.32 Å². The third-order valence-corrected chi connectivity index (χ3v) is 5.70. The molecule has 7 heteroatoms. The lowest BCUT2D eigenvalue weighted by Crippen LogP contribution is -2.37. The Bertz CT molecular complexity index is 868. The molecule has 2 aromatic rings. The molecule has 0 radical (unpaired) electrons. The minimum Gasteiger partial charge on any atom is -0.322 e. The van der Waals surface area contributed by atoms with Crippen LogP contribution in [-0.4, -0.2) is 26.6 Å². The molecule has 2 aromatic carbocycles. The highest BCUT2D eigenvalue weighted by molar-refractivity contribution is 7.92. The molecule has 0 bridgehead atoms. The number of sulfonamides is 1. The van der Waals surface area contributed by atoms with Crippen molar-refractivity contribution in [1.82, 2.24) is 0 Å². The summed E-state index contributed by atoms with van der Waals surface area (Å²) in [5.74, 6) is -0.745. The van der Waals surface area contributed by atoms with Gasteiger partial charge in [-0.15, -0.1) is 0 Å². The van der Waals surface area contributed by atoms with Crippen LogP contribution in [0.3, 0.4) is 0 Å². The highest BCUT2D eigenvalue weighted by Gasteiger charge is 2.26. The Morgan fingerprint density at radius 3 is 2.62 bits per heavy atom. The predicted molar refractivity (Wildman–Crippen MR) is 91.2 cm³/mol. The number of hydrogen-bond acceptors (Lipinski definition) is 3. The van der Waals surface area contributed by atoms with E-state index in [9.17, 15) is 17.6 Å². The van der Waals surface area contributed by atoms with Gasteiger partial charge in [-0.25, -0.2) is 12.8 Å². The molecule has 3 rings (SSSR count). The van der Waals surface area contributed by atoms with Gasteiger partial charge in [-0.1, -0.05) is 12.1 Å². The van der Waals surface area contributed by atoms with Crippen LogP contribution in [0.5, 0.6) is 0 Å². The van der Waals surface area contributed by atoms with Gasteiger partial charge in [0.15, 0.2) is 0 Å². The van der Waals surface area contributed by atoms with Crippen LogP contribution in [-0.2, 0) is 10.0 Å². The summed E-state index contributed by atoms with van der Waals surface area (Å²) in [6.07, 6.45) is 1.44. The lowest BCUT2D eigenvalue weighted by Gasteiger charge is -2.28. The van der Waals surface area contributed by atoms with Crippen LogP contribution in [0.1, 0.15) is 23.2 Å². The van der Waals surface area contributed by atoms with Crippen molar-refractivity contribution in [3.63, 3.8) is 0 Å². The van der Waals surface area contributed by atoms with Gasteiger partial charge in [-0.3, -0.25) is 9.10 Å². The van der Waals surface area contributed by atoms with Gasteiger partial charge in [0.05, 0.1) is 11.4 Å². The maximum Gasteiger partial charge on any atom is 0.255 e. The van der Waals surface area contributed by atoms with E-state index in [0.29, 0.717) is 29.9 Å². The summed E-state index contributed by atoms with van der Waals surface area (Å²) >= 11 is 0. The maximum absolute atomic E-state index is 13.2. The third kappa shape index (κ3) is 3.56. The fraction of sp³-hybridized carbons (Fsp3) is 0.235. The molecular formula is C17H17FN2O3S. The monoisotopic (exact) mass is 348 g/mol. The van der Waals surface area contributed by atoms with Crippen molar-refractivity contribution in [1.29, 1.82) is 0 Å². The predicted octanol–water partition coefficient (Wildman–Crippen LogP) is 3.01. The number of carbonyl (C=O) groups is 1. The number of amides is 1. The van der Waals surface area contributed by atoms with Crippen molar-refractivity contribution in [3.05, 3.63) is 59.9 Å². The molecule has 5 nitrogen and oxygen atoms in total. The molecule has 126 valence electrons. The third-order valence-electron chi connectivity index (χ3n) is 3.83. The van der Waals surface area contributed by atoms with Crippen LogP contribution in [0, 0.1) is 5.82 Å². The van der Waals surface area contributed by atoms with Crippen molar-refractivity contribution < 1.29 is 17.6 Å². The molecule has 1 N–H and O–H groups in total. The minimum atomic E-state index is -3.33. The van der Waals surface area contributed by atoms with Crippen molar-refractivity contribution in [2.75, 3.05) is 21.9 Å². The van der Waals surface area contributed by atoms with Crippen LogP contribution in [0.25, 0.3) is 0 Å². The van der Waals surface area contributed by atoms with Crippen molar-refractivity contribution in [2.24, 2.45) is 0 Å². The number of carbonyl (C=O) groups excluding carboxylic acids is 1. The van der Waals surface area contributed by atoms with Crippen molar-refractivity contribution in [3.8, 4) is 0 Å². The van der Waals surface area contributed by atoms with Gasteiger partial charge in [0, 0.05) is 17.8 Å². The Morgan fingerprint density at radius 2 is 1.88 bits per heavy atom. The number of nitrogens with zero attached hydrogens (tertiary/aromatic N) is 1. The Morgan fingerprint density at radius 1 is 1.08 bits per heavy atom. The highest BCUT2D eigenvalue weighted by atomic mass is 32.2. The number of rotatable bonds is 3. The Balaban J connectivity index is 1.83. The summed E-state index contributed by atoms with van der Waals surface area (Å²) < 4.78 is 38.9. The van der Waals surface area contributed by atoms with Gasteiger partial charge in [0.25, 0.3) is 5.91 Å². The second kappa shape index (κ2) is 6.60. The summed E-state index contributed by atoms with van der Waals surface area (Å²) in [7, 11) is -3.33. The van der Waals surface area contributed by atoms with Gasteiger partial charge >= 0.3 is 0 Å². The molecule has 1 aliphatic heterocycles. The number of halogens is 1. The first-order valence-corrected chi connectivity index (χ1v) is 9.24. The molecular weight excluding hydrogens is 331 g/mol. The van der Waals surface area contributed by atoms with Crippen LogP contribution in [0.2, 0.25) is 0 Å². The maximum atomic E-state index is 13.2. The first kappa shape index (κ1) is 16.4. The molecule has 0 spiro atoms. The molecule has 24 heavy (non-hydrogen) atoms. The topological polar surface area (TPSA) is 66.5 Å². The average Bonchev–Trinajstić information content (AvgIpc) is 2.54. The van der Waals surface area contributed by atoms with E-state index in [0.717, 1.165) is 6.42 Å². The number of hydrogen-bond donors (Lipinski definition) is 1. The molecule has 1 saturated heterocycles. The molecule has 0 saturated carbocycles. The second-order valence-corrected chi connectivity index (χ2v) is 7.62. The van der Waals surface area contributed by atoms with E-state index in [4.69, 9.17) is 0 Å².